The van der Waals surface area contributed by atoms with E-state index >= 15 is 0 Å². The van der Waals surface area contributed by atoms with Crippen molar-refractivity contribution in [3.63, 3.8) is 0 Å². The molecule has 124 valence electrons. The number of nitro benzene ring substituents is 1. The molecule has 4 aromatic rings. The van der Waals surface area contributed by atoms with Gasteiger partial charge in [0.2, 0.25) is 11.8 Å². The number of aryl methyl sites for hydroxylation is 1. The lowest BCUT2D eigenvalue weighted by Crippen LogP contribution is -1.89. The van der Waals surface area contributed by atoms with Crippen LogP contribution >= 0.6 is 0 Å². The quantitative estimate of drug-likeness (QED) is 0.410. The van der Waals surface area contributed by atoms with Crippen LogP contribution in [0.1, 0.15) is 6.92 Å². The largest absolute Gasteiger partial charge is 0.416 e. The molecule has 2 heterocycles. The molecule has 2 aromatic heterocycles. The topological polar surface area (TPSA) is 87.0 Å². The minimum atomic E-state index is -0.449. The fourth-order valence-corrected chi connectivity index (χ4v) is 2.88. The Kier molecular flexibility index (Phi) is 3.53. The number of para-hydroxylation sites is 1. The second-order valence-corrected chi connectivity index (χ2v) is 5.57. The van der Waals surface area contributed by atoms with Gasteiger partial charge in [-0.3, -0.25) is 10.1 Å². The van der Waals surface area contributed by atoms with E-state index in [-0.39, 0.29) is 11.6 Å². The van der Waals surface area contributed by atoms with Crippen LogP contribution in [0.3, 0.4) is 0 Å². The van der Waals surface area contributed by atoms with Crippen molar-refractivity contribution in [1.82, 2.24) is 14.8 Å². The van der Waals surface area contributed by atoms with Crippen molar-refractivity contribution in [1.29, 1.82) is 0 Å². The predicted octanol–water partition coefficient (Wildman–Crippen LogP) is 4.29. The van der Waals surface area contributed by atoms with E-state index < -0.39 is 4.92 Å². The van der Waals surface area contributed by atoms with Gasteiger partial charge in [0.05, 0.1) is 10.5 Å². The Hall–Kier alpha value is -3.48. The monoisotopic (exact) mass is 334 g/mol. The fraction of sp³-hybridized carbons (Fsp3) is 0.111. The smallest absolute Gasteiger partial charge is 0.270 e. The average molecular weight is 334 g/mol. The van der Waals surface area contributed by atoms with E-state index in [1.54, 1.807) is 12.1 Å². The Labute approximate surface area is 142 Å². The van der Waals surface area contributed by atoms with E-state index in [1.807, 2.05) is 30.5 Å². The van der Waals surface area contributed by atoms with E-state index in [4.69, 9.17) is 4.42 Å². The van der Waals surface area contributed by atoms with Gasteiger partial charge in [-0.25, -0.2) is 0 Å². The Morgan fingerprint density at radius 2 is 1.92 bits per heavy atom. The van der Waals surface area contributed by atoms with Gasteiger partial charge in [-0.1, -0.05) is 24.3 Å². The summed E-state index contributed by atoms with van der Waals surface area (Å²) >= 11 is 0. The van der Waals surface area contributed by atoms with E-state index in [1.165, 1.54) is 12.1 Å². The molecule has 0 bridgehead atoms. The standard InChI is InChI=1S/C18H14N4O3/c1-2-21-11-15(14-8-3-4-9-16(14)21)18-20-19-17(25-18)12-6-5-7-13(10-12)22(23)24/h3-11H,2H2,1H3. The predicted molar refractivity (Wildman–Crippen MR) is 93.0 cm³/mol. The van der Waals surface area contributed by atoms with Crippen molar-refractivity contribution in [2.24, 2.45) is 0 Å². The molecule has 7 nitrogen and oxygen atoms in total. The third-order valence-corrected chi connectivity index (χ3v) is 4.09. The van der Waals surface area contributed by atoms with Crippen molar-refractivity contribution < 1.29 is 9.34 Å². The maximum atomic E-state index is 10.9. The molecule has 0 radical (unpaired) electrons. The summed E-state index contributed by atoms with van der Waals surface area (Å²) in [5.41, 5.74) is 2.45. The zero-order valence-corrected chi connectivity index (χ0v) is 13.4. The Morgan fingerprint density at radius 1 is 1.12 bits per heavy atom. The minimum absolute atomic E-state index is 0.0140. The molecule has 0 amide bonds. The van der Waals surface area contributed by atoms with Gasteiger partial charge in [-0.2, -0.15) is 0 Å². The summed E-state index contributed by atoms with van der Waals surface area (Å²) < 4.78 is 7.91. The molecule has 0 aliphatic carbocycles. The maximum absolute atomic E-state index is 10.9. The summed E-state index contributed by atoms with van der Waals surface area (Å²) in [6, 6.07) is 14.2. The van der Waals surface area contributed by atoms with Gasteiger partial charge >= 0.3 is 0 Å². The van der Waals surface area contributed by atoms with Crippen LogP contribution in [-0.4, -0.2) is 19.7 Å². The SMILES string of the molecule is CCn1cc(-c2nnc(-c3cccc([N+](=O)[O-])c3)o2)c2ccccc21. The second kappa shape index (κ2) is 5.86. The highest BCUT2D eigenvalue weighted by Crippen LogP contribution is 2.32. The summed E-state index contributed by atoms with van der Waals surface area (Å²) in [5, 5.41) is 20.1. The molecule has 4 rings (SSSR count). The Bertz CT molecular complexity index is 1080. The van der Waals surface area contributed by atoms with Gasteiger partial charge in [0.25, 0.3) is 5.69 Å². The Balaban J connectivity index is 1.80. The lowest BCUT2D eigenvalue weighted by Gasteiger charge is -1.97. The van der Waals surface area contributed by atoms with Crippen LogP contribution in [0.4, 0.5) is 5.69 Å². The first-order valence-electron chi connectivity index (χ1n) is 7.84. The highest BCUT2D eigenvalue weighted by molar-refractivity contribution is 5.94. The zero-order chi connectivity index (χ0) is 17.4. The van der Waals surface area contributed by atoms with Crippen molar-refractivity contribution in [3.8, 4) is 22.9 Å². The van der Waals surface area contributed by atoms with Crippen LogP contribution in [0.15, 0.2) is 59.1 Å². The molecule has 0 aliphatic rings. The molecule has 0 saturated carbocycles. The van der Waals surface area contributed by atoms with E-state index in [0.29, 0.717) is 11.5 Å². The molecule has 0 N–H and O–H groups in total. The first-order chi connectivity index (χ1) is 12.2. The third kappa shape index (κ3) is 2.55. The highest BCUT2D eigenvalue weighted by atomic mass is 16.6. The summed E-state index contributed by atoms with van der Waals surface area (Å²) in [7, 11) is 0. The number of benzene rings is 2. The van der Waals surface area contributed by atoms with Gasteiger partial charge in [-0.15, -0.1) is 10.2 Å². The summed E-state index contributed by atoms with van der Waals surface area (Å²) in [5.74, 6) is 0.650. The van der Waals surface area contributed by atoms with Gasteiger partial charge < -0.3 is 8.98 Å². The molecule has 0 spiro atoms. The van der Waals surface area contributed by atoms with E-state index in [0.717, 1.165) is 23.0 Å². The lowest BCUT2D eigenvalue weighted by molar-refractivity contribution is -0.384. The number of fused-ring (bicyclic) bond motifs is 1. The molecule has 0 unspecified atom stereocenters. The molecule has 0 fully saturated rings. The van der Waals surface area contributed by atoms with Gasteiger partial charge in [0, 0.05) is 41.3 Å². The van der Waals surface area contributed by atoms with Crippen LogP contribution in [-0.2, 0) is 6.54 Å². The zero-order valence-electron chi connectivity index (χ0n) is 13.4. The van der Waals surface area contributed by atoms with Crippen molar-refractivity contribution in [2.45, 2.75) is 13.5 Å². The molecule has 0 atom stereocenters. The molecule has 0 saturated heterocycles. The van der Waals surface area contributed by atoms with Crippen molar-refractivity contribution in [3.05, 3.63) is 64.8 Å². The van der Waals surface area contributed by atoms with Crippen LogP contribution in [0.25, 0.3) is 33.8 Å². The minimum Gasteiger partial charge on any atom is -0.416 e. The maximum Gasteiger partial charge on any atom is 0.270 e. The molecular weight excluding hydrogens is 320 g/mol. The third-order valence-electron chi connectivity index (χ3n) is 4.09. The number of non-ortho nitro benzene ring substituents is 1. The van der Waals surface area contributed by atoms with Crippen LogP contribution < -0.4 is 0 Å². The second-order valence-electron chi connectivity index (χ2n) is 5.57. The number of aromatic nitrogens is 3. The van der Waals surface area contributed by atoms with Crippen LogP contribution in [0.5, 0.6) is 0 Å². The van der Waals surface area contributed by atoms with E-state index in [2.05, 4.69) is 21.7 Å². The van der Waals surface area contributed by atoms with Gasteiger partial charge in [0.1, 0.15) is 0 Å². The average Bonchev–Trinajstić information content (AvgIpc) is 3.26. The van der Waals surface area contributed by atoms with Gasteiger partial charge in [-0.05, 0) is 19.1 Å². The molecule has 0 aliphatic heterocycles. The number of nitrogens with zero attached hydrogens (tertiary/aromatic N) is 4. The normalized spacial score (nSPS) is 11.1. The summed E-state index contributed by atoms with van der Waals surface area (Å²) in [6.45, 7) is 2.89. The Morgan fingerprint density at radius 3 is 2.72 bits per heavy atom. The van der Waals surface area contributed by atoms with Crippen molar-refractivity contribution >= 4 is 16.6 Å². The fourth-order valence-electron chi connectivity index (χ4n) is 2.88. The highest BCUT2D eigenvalue weighted by Gasteiger charge is 2.17. The first-order valence-corrected chi connectivity index (χ1v) is 7.84. The molecular formula is C18H14N4O3. The first kappa shape index (κ1) is 15.1. The van der Waals surface area contributed by atoms with Crippen LogP contribution in [0.2, 0.25) is 0 Å². The molecule has 7 heteroatoms. The van der Waals surface area contributed by atoms with Crippen LogP contribution in [0, 0.1) is 10.1 Å². The molecule has 25 heavy (non-hydrogen) atoms. The molecule has 2 aromatic carbocycles. The summed E-state index contributed by atoms with van der Waals surface area (Å²) in [6.07, 6.45) is 1.98. The number of hydrogen-bond acceptors (Lipinski definition) is 5. The van der Waals surface area contributed by atoms with Crippen molar-refractivity contribution in [2.75, 3.05) is 0 Å². The number of rotatable bonds is 4. The van der Waals surface area contributed by atoms with E-state index in [9.17, 15) is 10.1 Å². The number of nitro groups is 1. The summed E-state index contributed by atoms with van der Waals surface area (Å²) in [4.78, 5) is 10.5. The lowest BCUT2D eigenvalue weighted by atomic mass is 10.2. The number of hydrogen-bond donors (Lipinski definition) is 0. The van der Waals surface area contributed by atoms with Gasteiger partial charge in [0.15, 0.2) is 0 Å².